The normalized spacial score (nSPS) is 19.6. The van der Waals surface area contributed by atoms with Gasteiger partial charge in [0.25, 0.3) is 0 Å². The lowest BCUT2D eigenvalue weighted by Crippen LogP contribution is -2.40. The Morgan fingerprint density at radius 2 is 2.30 bits per heavy atom. The molecule has 114 valence electrons. The van der Waals surface area contributed by atoms with Gasteiger partial charge in [-0.25, -0.2) is 13.2 Å². The van der Waals surface area contributed by atoms with E-state index in [4.69, 9.17) is 5.73 Å². The third-order valence-electron chi connectivity index (χ3n) is 3.18. The minimum Gasteiger partial charge on any atom is -0.465 e. The van der Waals surface area contributed by atoms with Crippen molar-refractivity contribution in [2.75, 3.05) is 20.2 Å². The number of carbonyl (C=O) groups is 1. The van der Waals surface area contributed by atoms with E-state index in [2.05, 4.69) is 4.74 Å². The third-order valence-corrected chi connectivity index (χ3v) is 6.20. The second-order valence-corrected chi connectivity index (χ2v) is 7.03. The fraction of sp³-hybridized carbons (Fsp3) is 0.545. The van der Waals surface area contributed by atoms with Gasteiger partial charge in [-0.15, -0.1) is 23.7 Å². The SMILES string of the molecule is COC(=O)c1sccc1S(=O)(=O)N1CCCC1CN.Cl. The molecule has 1 atom stereocenters. The highest BCUT2D eigenvalue weighted by molar-refractivity contribution is 7.89. The molecule has 0 bridgehead atoms. The maximum atomic E-state index is 12.6. The molecule has 0 spiro atoms. The fourth-order valence-corrected chi connectivity index (χ4v) is 5.24. The van der Waals surface area contributed by atoms with Crippen molar-refractivity contribution in [2.45, 2.75) is 23.8 Å². The molecule has 1 unspecified atom stereocenters. The van der Waals surface area contributed by atoms with Gasteiger partial charge in [0.15, 0.2) is 0 Å². The van der Waals surface area contributed by atoms with Crippen LogP contribution in [0, 0.1) is 0 Å². The number of thiophene rings is 1. The van der Waals surface area contributed by atoms with E-state index in [9.17, 15) is 13.2 Å². The highest BCUT2D eigenvalue weighted by Gasteiger charge is 2.37. The van der Waals surface area contributed by atoms with Crippen LogP contribution in [0.5, 0.6) is 0 Å². The predicted octanol–water partition coefficient (Wildman–Crippen LogP) is 1.07. The number of halogens is 1. The van der Waals surface area contributed by atoms with Gasteiger partial charge in [-0.05, 0) is 24.3 Å². The van der Waals surface area contributed by atoms with E-state index in [1.165, 1.54) is 17.5 Å². The van der Waals surface area contributed by atoms with Crippen molar-refractivity contribution >= 4 is 39.7 Å². The lowest BCUT2D eigenvalue weighted by Gasteiger charge is -2.22. The van der Waals surface area contributed by atoms with E-state index in [0.717, 1.165) is 24.2 Å². The summed E-state index contributed by atoms with van der Waals surface area (Å²) in [5.41, 5.74) is 5.60. The number of hydrogen-bond acceptors (Lipinski definition) is 6. The van der Waals surface area contributed by atoms with Crippen molar-refractivity contribution in [3.8, 4) is 0 Å². The van der Waals surface area contributed by atoms with E-state index in [1.54, 1.807) is 5.38 Å². The summed E-state index contributed by atoms with van der Waals surface area (Å²) in [6, 6.07) is 1.26. The van der Waals surface area contributed by atoms with Gasteiger partial charge in [-0.3, -0.25) is 0 Å². The zero-order chi connectivity index (χ0) is 14.0. The number of hydrogen-bond donors (Lipinski definition) is 1. The quantitative estimate of drug-likeness (QED) is 0.828. The Hall–Kier alpha value is -0.670. The molecule has 9 heteroatoms. The average Bonchev–Trinajstić information content (AvgIpc) is 3.06. The number of carbonyl (C=O) groups excluding carboxylic acids is 1. The highest BCUT2D eigenvalue weighted by Crippen LogP contribution is 2.30. The Bertz CT molecular complexity index is 573. The van der Waals surface area contributed by atoms with E-state index in [1.807, 2.05) is 0 Å². The third kappa shape index (κ3) is 2.99. The molecule has 0 aromatic carbocycles. The van der Waals surface area contributed by atoms with Crippen molar-refractivity contribution in [2.24, 2.45) is 5.73 Å². The van der Waals surface area contributed by atoms with Gasteiger partial charge in [0, 0.05) is 19.1 Å². The lowest BCUT2D eigenvalue weighted by atomic mass is 10.2. The van der Waals surface area contributed by atoms with Crippen LogP contribution in [0.15, 0.2) is 16.3 Å². The van der Waals surface area contributed by atoms with E-state index in [0.29, 0.717) is 6.54 Å². The van der Waals surface area contributed by atoms with Crippen LogP contribution in [0.3, 0.4) is 0 Å². The van der Waals surface area contributed by atoms with Gasteiger partial charge in [-0.1, -0.05) is 0 Å². The van der Waals surface area contributed by atoms with E-state index in [-0.39, 0.29) is 34.8 Å². The van der Waals surface area contributed by atoms with Crippen LogP contribution < -0.4 is 5.73 Å². The Labute approximate surface area is 128 Å². The van der Waals surface area contributed by atoms with Gasteiger partial charge in [-0.2, -0.15) is 4.31 Å². The van der Waals surface area contributed by atoms with Crippen molar-refractivity contribution in [1.82, 2.24) is 4.31 Å². The minimum absolute atomic E-state index is 0. The highest BCUT2D eigenvalue weighted by atomic mass is 35.5. The van der Waals surface area contributed by atoms with E-state index < -0.39 is 16.0 Å². The molecule has 20 heavy (non-hydrogen) atoms. The number of nitrogens with two attached hydrogens (primary N) is 1. The zero-order valence-corrected chi connectivity index (χ0v) is 13.4. The Morgan fingerprint density at radius 1 is 1.60 bits per heavy atom. The number of sulfonamides is 1. The first-order valence-corrected chi connectivity index (χ1v) is 8.22. The average molecular weight is 341 g/mol. The van der Waals surface area contributed by atoms with Crippen LogP contribution in [0.25, 0.3) is 0 Å². The number of nitrogens with zero attached hydrogens (tertiary/aromatic N) is 1. The fourth-order valence-electron chi connectivity index (χ4n) is 2.23. The van der Waals surface area contributed by atoms with Gasteiger partial charge in [0.2, 0.25) is 10.0 Å². The molecule has 2 rings (SSSR count). The minimum atomic E-state index is -3.68. The Balaban J connectivity index is 0.00000200. The van der Waals surface area contributed by atoms with Crippen molar-refractivity contribution < 1.29 is 17.9 Å². The molecule has 0 saturated carbocycles. The molecule has 6 nitrogen and oxygen atoms in total. The first-order chi connectivity index (χ1) is 9.02. The number of ether oxygens (including phenoxy) is 1. The van der Waals surface area contributed by atoms with Crippen molar-refractivity contribution in [3.63, 3.8) is 0 Å². The summed E-state index contributed by atoms with van der Waals surface area (Å²) < 4.78 is 31.2. The molecular weight excluding hydrogens is 324 g/mol. The largest absolute Gasteiger partial charge is 0.465 e. The van der Waals surface area contributed by atoms with Crippen molar-refractivity contribution in [3.05, 3.63) is 16.3 Å². The van der Waals surface area contributed by atoms with E-state index >= 15 is 0 Å². The Kier molecular flexibility index (Phi) is 5.96. The number of rotatable bonds is 4. The predicted molar refractivity (Wildman–Crippen MR) is 78.9 cm³/mol. The first kappa shape index (κ1) is 17.4. The molecule has 1 fully saturated rings. The molecule has 1 aromatic rings. The molecule has 0 amide bonds. The van der Waals surface area contributed by atoms with Crippen LogP contribution in [0.4, 0.5) is 0 Å². The van der Waals surface area contributed by atoms with Crippen LogP contribution in [0.1, 0.15) is 22.5 Å². The maximum Gasteiger partial charge on any atom is 0.349 e. The van der Waals surface area contributed by atoms with Crippen LogP contribution in [-0.4, -0.2) is 44.9 Å². The standard InChI is InChI=1S/C11H16N2O4S2.ClH/c1-17-11(14)10-9(4-6-18-10)19(15,16)13-5-2-3-8(13)7-12;/h4,6,8H,2-3,5,7,12H2,1H3;1H. The summed E-state index contributed by atoms with van der Waals surface area (Å²) in [4.78, 5) is 11.7. The molecule has 2 heterocycles. The van der Waals surface area contributed by atoms with Crippen LogP contribution in [-0.2, 0) is 14.8 Å². The summed E-state index contributed by atoms with van der Waals surface area (Å²) in [6.07, 6.45) is 1.55. The summed E-state index contributed by atoms with van der Waals surface area (Å²) in [6.45, 7) is 0.734. The molecular formula is C11H17ClN2O4S2. The zero-order valence-electron chi connectivity index (χ0n) is 10.9. The molecule has 1 saturated heterocycles. The summed E-state index contributed by atoms with van der Waals surface area (Å²) in [5, 5.41) is 1.58. The van der Waals surface area contributed by atoms with Gasteiger partial charge in [0.1, 0.15) is 9.77 Å². The molecule has 1 aliphatic heterocycles. The molecule has 1 aromatic heterocycles. The summed E-state index contributed by atoms with van der Waals surface area (Å²) in [5.74, 6) is -0.628. The second kappa shape index (κ2) is 6.86. The van der Waals surface area contributed by atoms with Crippen molar-refractivity contribution in [1.29, 1.82) is 0 Å². The first-order valence-electron chi connectivity index (χ1n) is 5.90. The van der Waals surface area contributed by atoms with Gasteiger partial charge < -0.3 is 10.5 Å². The molecule has 0 aliphatic carbocycles. The molecule has 2 N–H and O–H groups in total. The second-order valence-electron chi connectivity index (χ2n) is 4.25. The number of esters is 1. The Morgan fingerprint density at radius 3 is 2.90 bits per heavy atom. The summed E-state index contributed by atoms with van der Waals surface area (Å²) >= 11 is 1.07. The van der Waals surface area contributed by atoms with Gasteiger partial charge >= 0.3 is 5.97 Å². The number of methoxy groups -OCH3 is 1. The summed E-state index contributed by atoms with van der Waals surface area (Å²) in [7, 11) is -2.45. The topological polar surface area (TPSA) is 89.7 Å². The smallest absolute Gasteiger partial charge is 0.349 e. The molecule has 0 radical (unpaired) electrons. The lowest BCUT2D eigenvalue weighted by molar-refractivity contribution is 0.0602. The van der Waals surface area contributed by atoms with Crippen LogP contribution in [0.2, 0.25) is 0 Å². The van der Waals surface area contributed by atoms with Gasteiger partial charge in [0.05, 0.1) is 7.11 Å². The van der Waals surface area contributed by atoms with Crippen LogP contribution >= 0.6 is 23.7 Å². The monoisotopic (exact) mass is 340 g/mol. The molecule has 1 aliphatic rings. The maximum absolute atomic E-state index is 12.6.